The monoisotopic (exact) mass is 395 g/mol. The third-order valence-electron chi connectivity index (χ3n) is 2.21. The molecule has 94 valence electrons. The number of rotatable bonds is 2. The van der Waals surface area contributed by atoms with Gasteiger partial charge in [0.2, 0.25) is 0 Å². The molecule has 2 rings (SSSR count). The van der Waals surface area contributed by atoms with Crippen LogP contribution >= 0.6 is 43.2 Å². The van der Waals surface area contributed by atoms with Crippen molar-refractivity contribution in [2.75, 3.05) is 5.73 Å². The van der Waals surface area contributed by atoms with Crippen molar-refractivity contribution in [2.24, 2.45) is 0 Å². The van der Waals surface area contributed by atoms with E-state index in [0.717, 1.165) is 12.1 Å². The minimum absolute atomic E-state index is 0.260. The molecule has 18 heavy (non-hydrogen) atoms. The van der Waals surface area contributed by atoms with E-state index in [1.54, 1.807) is 0 Å². The molecule has 0 bridgehead atoms. The highest BCUT2D eigenvalue weighted by Gasteiger charge is 2.21. The van der Waals surface area contributed by atoms with Crippen molar-refractivity contribution in [3.05, 3.63) is 48.5 Å². The van der Waals surface area contributed by atoms with Crippen molar-refractivity contribution < 1.29 is 13.6 Å². The Morgan fingerprint density at radius 2 is 1.83 bits per heavy atom. The van der Waals surface area contributed by atoms with Gasteiger partial charge in [-0.05, 0) is 50.1 Å². The third kappa shape index (κ3) is 2.48. The number of thiophene rings is 1. The first-order valence-corrected chi connectivity index (χ1v) is 7.04. The summed E-state index contributed by atoms with van der Waals surface area (Å²) in [7, 11) is 0. The van der Waals surface area contributed by atoms with E-state index in [4.69, 9.17) is 5.73 Å². The largest absolute Gasteiger partial charge is 0.396 e. The lowest BCUT2D eigenvalue weighted by atomic mass is 10.0. The second-order valence-corrected chi connectivity index (χ2v) is 7.17. The van der Waals surface area contributed by atoms with E-state index < -0.39 is 17.4 Å². The number of nitrogens with two attached hydrogens (primary N) is 1. The molecular weight excluding hydrogens is 392 g/mol. The van der Waals surface area contributed by atoms with Gasteiger partial charge in [-0.25, -0.2) is 8.78 Å². The number of benzene rings is 1. The second kappa shape index (κ2) is 5.07. The van der Waals surface area contributed by atoms with Crippen molar-refractivity contribution in [3.63, 3.8) is 0 Å². The van der Waals surface area contributed by atoms with Crippen LogP contribution in [0.1, 0.15) is 15.9 Å². The van der Waals surface area contributed by atoms with Gasteiger partial charge >= 0.3 is 0 Å². The summed E-state index contributed by atoms with van der Waals surface area (Å²) < 4.78 is 28.1. The van der Waals surface area contributed by atoms with E-state index in [1.165, 1.54) is 17.4 Å². The molecule has 0 unspecified atom stereocenters. The highest BCUT2D eigenvalue weighted by molar-refractivity contribution is 9.12. The maximum atomic E-state index is 13.7. The molecule has 0 fully saturated rings. The topological polar surface area (TPSA) is 43.1 Å². The van der Waals surface area contributed by atoms with Crippen LogP contribution in [0.25, 0.3) is 0 Å². The molecule has 2 nitrogen and oxygen atoms in total. The lowest BCUT2D eigenvalue weighted by Crippen LogP contribution is -2.07. The van der Waals surface area contributed by atoms with Gasteiger partial charge in [-0.15, -0.1) is 11.3 Å². The lowest BCUT2D eigenvalue weighted by Gasteiger charge is -2.04. The molecule has 0 saturated heterocycles. The molecular formula is C11H5Br2F2NOS. The molecule has 0 aliphatic heterocycles. The van der Waals surface area contributed by atoms with Crippen molar-refractivity contribution >= 4 is 54.7 Å². The Bertz CT molecular complexity index is 642. The van der Waals surface area contributed by atoms with Gasteiger partial charge < -0.3 is 5.73 Å². The zero-order valence-electron chi connectivity index (χ0n) is 8.64. The molecule has 1 aromatic heterocycles. The minimum atomic E-state index is -0.907. The maximum absolute atomic E-state index is 13.7. The van der Waals surface area contributed by atoms with Gasteiger partial charge in [0.1, 0.15) is 5.82 Å². The molecule has 0 spiro atoms. The van der Waals surface area contributed by atoms with E-state index in [2.05, 4.69) is 31.9 Å². The summed E-state index contributed by atoms with van der Waals surface area (Å²) in [5.41, 5.74) is 4.79. The number of hydrogen-bond donors (Lipinski definition) is 1. The zero-order chi connectivity index (χ0) is 13.4. The average molecular weight is 397 g/mol. The number of nitrogen functional groups attached to an aromatic ring is 1. The molecule has 0 aliphatic carbocycles. The van der Waals surface area contributed by atoms with Gasteiger partial charge in [0.05, 0.1) is 18.8 Å². The standard InChI is InChI=1S/C11H5Br2F2NOS/c12-8-3-6(11(13)18-8)10(17)5-1-4(14)2-7(16)9(5)15/h1-3H,16H2. The van der Waals surface area contributed by atoms with Gasteiger partial charge in [-0.3, -0.25) is 4.79 Å². The van der Waals surface area contributed by atoms with Crippen LogP contribution in [-0.4, -0.2) is 5.78 Å². The second-order valence-electron chi connectivity index (χ2n) is 3.42. The summed E-state index contributed by atoms with van der Waals surface area (Å²) in [6.07, 6.45) is 0. The van der Waals surface area contributed by atoms with Crippen LogP contribution in [0.5, 0.6) is 0 Å². The van der Waals surface area contributed by atoms with Crippen LogP contribution in [0, 0.1) is 11.6 Å². The predicted molar refractivity (Wildman–Crippen MR) is 73.9 cm³/mol. The fourth-order valence-electron chi connectivity index (χ4n) is 1.42. The number of anilines is 1. The predicted octanol–water partition coefficient (Wildman–Crippen LogP) is 4.36. The van der Waals surface area contributed by atoms with Crippen LogP contribution in [0.15, 0.2) is 25.8 Å². The normalized spacial score (nSPS) is 10.7. The van der Waals surface area contributed by atoms with E-state index in [9.17, 15) is 13.6 Å². The zero-order valence-corrected chi connectivity index (χ0v) is 12.6. The van der Waals surface area contributed by atoms with Crippen LogP contribution in [0.4, 0.5) is 14.5 Å². The summed E-state index contributed by atoms with van der Waals surface area (Å²) in [6, 6.07) is 3.22. The smallest absolute Gasteiger partial charge is 0.198 e. The molecule has 0 aliphatic rings. The van der Waals surface area contributed by atoms with Crippen molar-refractivity contribution in [1.82, 2.24) is 0 Å². The van der Waals surface area contributed by atoms with Gasteiger partial charge in [-0.1, -0.05) is 0 Å². The molecule has 1 aromatic carbocycles. The Hall–Kier alpha value is -0.790. The first-order chi connectivity index (χ1) is 8.40. The fourth-order valence-corrected chi connectivity index (χ4v) is 4.21. The number of carbonyl (C=O) groups excluding carboxylic acids is 1. The molecule has 2 aromatic rings. The van der Waals surface area contributed by atoms with E-state index in [-0.39, 0.29) is 16.8 Å². The highest BCUT2D eigenvalue weighted by atomic mass is 79.9. The van der Waals surface area contributed by atoms with Crippen LogP contribution in [0.2, 0.25) is 0 Å². The molecule has 2 N–H and O–H groups in total. The minimum Gasteiger partial charge on any atom is -0.396 e. The molecule has 1 heterocycles. The third-order valence-corrected chi connectivity index (χ3v) is 4.55. The van der Waals surface area contributed by atoms with Crippen LogP contribution in [-0.2, 0) is 0 Å². The first kappa shape index (κ1) is 13.6. The lowest BCUT2D eigenvalue weighted by molar-refractivity contribution is 0.103. The molecule has 7 heteroatoms. The molecule has 0 radical (unpaired) electrons. The Kier molecular flexibility index (Phi) is 3.84. The summed E-state index contributed by atoms with van der Waals surface area (Å²) in [5, 5.41) is 0. The van der Waals surface area contributed by atoms with Crippen LogP contribution in [0.3, 0.4) is 0 Å². The van der Waals surface area contributed by atoms with Gasteiger partial charge in [0.15, 0.2) is 11.6 Å². The molecule has 0 atom stereocenters. The fraction of sp³-hybridized carbons (Fsp3) is 0. The van der Waals surface area contributed by atoms with Crippen molar-refractivity contribution in [3.8, 4) is 0 Å². The first-order valence-electron chi connectivity index (χ1n) is 4.64. The van der Waals surface area contributed by atoms with Gasteiger partial charge in [0, 0.05) is 5.56 Å². The number of carbonyl (C=O) groups is 1. The summed E-state index contributed by atoms with van der Waals surface area (Å²) in [4.78, 5) is 12.1. The Labute approximate surface area is 122 Å². The summed E-state index contributed by atoms with van der Waals surface area (Å²) in [6.45, 7) is 0. The summed E-state index contributed by atoms with van der Waals surface area (Å²) >= 11 is 7.68. The van der Waals surface area contributed by atoms with E-state index >= 15 is 0 Å². The van der Waals surface area contributed by atoms with E-state index in [0.29, 0.717) is 7.57 Å². The number of halogens is 4. The number of hydrogen-bond acceptors (Lipinski definition) is 3. The van der Waals surface area contributed by atoms with Gasteiger partial charge in [0.25, 0.3) is 0 Å². The Morgan fingerprint density at radius 1 is 1.17 bits per heavy atom. The molecule has 0 amide bonds. The maximum Gasteiger partial charge on any atom is 0.198 e. The van der Waals surface area contributed by atoms with E-state index in [1.807, 2.05) is 0 Å². The SMILES string of the molecule is Nc1cc(F)cc(C(=O)c2cc(Br)sc2Br)c1F. The Morgan fingerprint density at radius 3 is 2.39 bits per heavy atom. The summed E-state index contributed by atoms with van der Waals surface area (Å²) in [5.74, 6) is -2.27. The average Bonchev–Trinajstić information content (AvgIpc) is 2.62. The van der Waals surface area contributed by atoms with Gasteiger partial charge in [-0.2, -0.15) is 0 Å². The highest BCUT2D eigenvalue weighted by Crippen LogP contribution is 2.34. The van der Waals surface area contributed by atoms with Crippen LogP contribution < -0.4 is 5.73 Å². The van der Waals surface area contributed by atoms with Crippen molar-refractivity contribution in [1.29, 1.82) is 0 Å². The van der Waals surface area contributed by atoms with Crippen molar-refractivity contribution in [2.45, 2.75) is 0 Å². The quantitative estimate of drug-likeness (QED) is 0.605. The Balaban J connectivity index is 2.56. The molecule has 0 saturated carbocycles. The number of ketones is 1.